The number of pyridine rings is 1. The summed E-state index contributed by atoms with van der Waals surface area (Å²) in [4.78, 5) is 17.4. The highest BCUT2D eigenvalue weighted by atomic mass is 79.9. The van der Waals surface area contributed by atoms with Crippen LogP contribution in [0.1, 0.15) is 10.4 Å². The molecule has 0 radical (unpaired) electrons. The number of aromatic nitrogens is 4. The number of hydrogen-bond donors (Lipinski definition) is 1. The molecule has 2 heterocycles. The number of para-hydroxylation sites is 1. The molecule has 6 nitrogen and oxygen atoms in total. The van der Waals surface area contributed by atoms with E-state index in [2.05, 4.69) is 36.5 Å². The number of carbonyl (C=O) groups is 1. The number of fused-ring (bicyclic) bond motifs is 1. The Balaban J connectivity index is 1.84. The Hall–Kier alpha value is -3.06. The van der Waals surface area contributed by atoms with E-state index >= 15 is 0 Å². The predicted octanol–water partition coefficient (Wildman–Crippen LogP) is 3.64. The van der Waals surface area contributed by atoms with Gasteiger partial charge in [0.2, 0.25) is 0 Å². The van der Waals surface area contributed by atoms with Crippen LogP contribution in [0.5, 0.6) is 0 Å². The highest BCUT2D eigenvalue weighted by molar-refractivity contribution is 9.10. The lowest BCUT2D eigenvalue weighted by Crippen LogP contribution is -2.22. The summed E-state index contributed by atoms with van der Waals surface area (Å²) in [5.41, 5.74) is 5.71. The topological polar surface area (TPSA) is 72.7 Å². The van der Waals surface area contributed by atoms with Gasteiger partial charge in [-0.2, -0.15) is 0 Å². The summed E-state index contributed by atoms with van der Waals surface area (Å²) in [7, 11) is 0. The Morgan fingerprint density at radius 1 is 1.00 bits per heavy atom. The smallest absolute Gasteiger partial charge is 0.267 e. The van der Waals surface area contributed by atoms with E-state index < -0.39 is 0 Å². The van der Waals surface area contributed by atoms with Crippen LogP contribution in [-0.2, 0) is 0 Å². The number of halogens is 1. The van der Waals surface area contributed by atoms with Gasteiger partial charge in [-0.15, -0.1) is 10.2 Å². The van der Waals surface area contributed by atoms with Crippen LogP contribution >= 0.6 is 15.9 Å². The monoisotopic (exact) mass is 393 g/mol. The van der Waals surface area contributed by atoms with Gasteiger partial charge in [0.05, 0.1) is 16.8 Å². The predicted molar refractivity (Wildman–Crippen MR) is 98.6 cm³/mol. The van der Waals surface area contributed by atoms with Gasteiger partial charge in [-0.25, -0.2) is 9.66 Å². The first kappa shape index (κ1) is 15.5. The number of hydrogen-bond acceptors (Lipinski definition) is 4. The summed E-state index contributed by atoms with van der Waals surface area (Å²) in [5.74, 6) is -0.253. The average molecular weight is 394 g/mol. The molecule has 0 spiro atoms. The van der Waals surface area contributed by atoms with Crippen LogP contribution in [0.25, 0.3) is 22.2 Å². The van der Waals surface area contributed by atoms with Crippen molar-refractivity contribution in [3.8, 4) is 11.3 Å². The molecular weight excluding hydrogens is 382 g/mol. The second-order valence-corrected chi connectivity index (χ2v) is 6.30. The Morgan fingerprint density at radius 3 is 2.48 bits per heavy atom. The van der Waals surface area contributed by atoms with E-state index in [1.807, 2.05) is 48.5 Å². The summed E-state index contributed by atoms with van der Waals surface area (Å²) >= 11 is 3.43. The zero-order valence-corrected chi connectivity index (χ0v) is 14.5. The number of benzene rings is 2. The van der Waals surface area contributed by atoms with Crippen molar-refractivity contribution in [2.24, 2.45) is 0 Å². The zero-order valence-electron chi connectivity index (χ0n) is 12.9. The van der Waals surface area contributed by atoms with Gasteiger partial charge in [-0.3, -0.25) is 10.2 Å². The van der Waals surface area contributed by atoms with Crippen molar-refractivity contribution < 1.29 is 4.79 Å². The molecule has 0 saturated carbocycles. The third kappa shape index (κ3) is 3.14. The fourth-order valence-electron chi connectivity index (χ4n) is 2.57. The molecule has 0 saturated heterocycles. The van der Waals surface area contributed by atoms with Crippen LogP contribution in [0.4, 0.5) is 0 Å². The molecule has 0 bridgehead atoms. The van der Waals surface area contributed by atoms with Crippen LogP contribution in [-0.4, -0.2) is 25.8 Å². The van der Waals surface area contributed by atoms with Crippen molar-refractivity contribution in [3.05, 3.63) is 77.3 Å². The second kappa shape index (κ2) is 6.45. The van der Waals surface area contributed by atoms with Crippen molar-refractivity contribution in [2.75, 3.05) is 5.43 Å². The molecule has 0 aliphatic heterocycles. The van der Waals surface area contributed by atoms with Gasteiger partial charge < -0.3 is 0 Å². The molecule has 122 valence electrons. The summed E-state index contributed by atoms with van der Waals surface area (Å²) < 4.78 is 2.40. The maximum absolute atomic E-state index is 12.7. The van der Waals surface area contributed by atoms with Gasteiger partial charge in [0, 0.05) is 15.4 Å². The molecule has 0 fully saturated rings. The molecule has 1 amide bonds. The normalized spacial score (nSPS) is 10.8. The van der Waals surface area contributed by atoms with Crippen molar-refractivity contribution in [3.63, 3.8) is 0 Å². The van der Waals surface area contributed by atoms with E-state index in [0.29, 0.717) is 5.56 Å². The van der Waals surface area contributed by atoms with Crippen LogP contribution in [0.15, 0.2) is 71.7 Å². The zero-order chi connectivity index (χ0) is 17.2. The Bertz CT molecular complexity index is 1040. The Kier molecular flexibility index (Phi) is 3.99. The first-order valence-corrected chi connectivity index (χ1v) is 8.32. The molecule has 0 aliphatic carbocycles. The fraction of sp³-hybridized carbons (Fsp3) is 0. The summed E-state index contributed by atoms with van der Waals surface area (Å²) in [6, 6.07) is 17.2. The van der Waals surface area contributed by atoms with Gasteiger partial charge in [0.15, 0.2) is 0 Å². The van der Waals surface area contributed by atoms with Crippen molar-refractivity contribution in [1.82, 2.24) is 19.9 Å². The minimum absolute atomic E-state index is 0.253. The Labute approximate surface area is 151 Å². The molecule has 0 aliphatic rings. The SMILES string of the molecule is O=C(Nn1cnnc1)c1cc(-c2ccc(Br)cc2)nc2ccccc12. The highest BCUT2D eigenvalue weighted by Gasteiger charge is 2.14. The van der Waals surface area contributed by atoms with E-state index in [9.17, 15) is 4.79 Å². The van der Waals surface area contributed by atoms with E-state index in [4.69, 9.17) is 0 Å². The van der Waals surface area contributed by atoms with Crippen molar-refractivity contribution in [2.45, 2.75) is 0 Å². The summed E-state index contributed by atoms with van der Waals surface area (Å²) in [6.45, 7) is 0. The molecule has 7 heteroatoms. The quantitative estimate of drug-likeness (QED) is 0.576. The molecular formula is C18H12BrN5O. The molecule has 25 heavy (non-hydrogen) atoms. The summed E-state index contributed by atoms with van der Waals surface area (Å²) in [6.07, 6.45) is 2.85. The molecule has 4 rings (SSSR count). The lowest BCUT2D eigenvalue weighted by atomic mass is 10.0. The number of amides is 1. The lowest BCUT2D eigenvalue weighted by Gasteiger charge is -2.10. The third-order valence-corrected chi connectivity index (χ3v) is 4.28. The molecule has 4 aromatic rings. The van der Waals surface area contributed by atoms with E-state index in [1.165, 1.54) is 17.3 Å². The van der Waals surface area contributed by atoms with Crippen molar-refractivity contribution in [1.29, 1.82) is 0 Å². The van der Waals surface area contributed by atoms with E-state index in [-0.39, 0.29) is 5.91 Å². The van der Waals surface area contributed by atoms with Gasteiger partial charge >= 0.3 is 0 Å². The third-order valence-electron chi connectivity index (χ3n) is 3.75. The van der Waals surface area contributed by atoms with Crippen LogP contribution < -0.4 is 5.43 Å². The first-order valence-electron chi connectivity index (χ1n) is 7.52. The van der Waals surface area contributed by atoms with Gasteiger partial charge in [-0.05, 0) is 24.3 Å². The standard InChI is InChI=1S/C18H12BrN5O/c19-13-7-5-12(6-8-13)17-9-15(14-3-1-2-4-16(14)22-17)18(25)23-24-10-20-21-11-24/h1-11H,(H,23,25). The second-order valence-electron chi connectivity index (χ2n) is 5.39. The minimum atomic E-state index is -0.253. The number of carbonyl (C=O) groups excluding carboxylic acids is 1. The molecule has 2 aromatic carbocycles. The van der Waals surface area contributed by atoms with Gasteiger partial charge in [0.25, 0.3) is 5.91 Å². The minimum Gasteiger partial charge on any atom is -0.267 e. The molecule has 1 N–H and O–H groups in total. The number of nitrogens with one attached hydrogen (secondary N) is 1. The van der Waals surface area contributed by atoms with Gasteiger partial charge in [-0.1, -0.05) is 46.3 Å². The molecule has 0 atom stereocenters. The highest BCUT2D eigenvalue weighted by Crippen LogP contribution is 2.26. The lowest BCUT2D eigenvalue weighted by molar-refractivity contribution is 0.101. The number of rotatable bonds is 3. The van der Waals surface area contributed by atoms with Crippen LogP contribution in [0.2, 0.25) is 0 Å². The van der Waals surface area contributed by atoms with Gasteiger partial charge in [0.1, 0.15) is 12.7 Å². The molecule has 2 aromatic heterocycles. The maximum Gasteiger partial charge on any atom is 0.270 e. The first-order chi connectivity index (χ1) is 12.2. The summed E-state index contributed by atoms with van der Waals surface area (Å²) in [5, 5.41) is 8.16. The maximum atomic E-state index is 12.7. The van der Waals surface area contributed by atoms with E-state index in [0.717, 1.165) is 26.6 Å². The largest absolute Gasteiger partial charge is 0.270 e. The van der Waals surface area contributed by atoms with Crippen LogP contribution in [0, 0.1) is 0 Å². The average Bonchev–Trinajstić information content (AvgIpc) is 3.14. The Morgan fingerprint density at radius 2 is 1.72 bits per heavy atom. The number of nitrogens with zero attached hydrogens (tertiary/aromatic N) is 4. The molecule has 0 unspecified atom stereocenters. The van der Waals surface area contributed by atoms with Crippen LogP contribution in [0.3, 0.4) is 0 Å². The van der Waals surface area contributed by atoms with E-state index in [1.54, 1.807) is 6.07 Å². The van der Waals surface area contributed by atoms with Crippen molar-refractivity contribution >= 4 is 32.7 Å². The fourth-order valence-corrected chi connectivity index (χ4v) is 2.83.